The summed E-state index contributed by atoms with van der Waals surface area (Å²) in [7, 11) is -3.58. The SMILES string of the molecule is CC(=O)c1ccc(-n2ncc3c(N)ncnc32)cc1.Cc1cc(-n2ncc3c(N)ncnc32)ccc1Oc1ccccc1.Cc1cc(-n2ncc3c(N)ncnc32)ccc1S(=O)(=O)c1ccccc1.Nc1ncnc2c1cnn2-c1ccc(Sc2ccccc2)cc1.Nc1ncnc2c1cnn2-c1ccc2c(c1)CN=C2. The van der Waals surface area contributed by atoms with Gasteiger partial charge in [0.1, 0.15) is 72.2 Å². The quantitative estimate of drug-likeness (QED) is 0.0709. The molecule has 111 heavy (non-hydrogen) atoms. The fraction of sp³-hybridized carbons (Fsp3) is 0.0506. The van der Waals surface area contributed by atoms with Crippen LogP contribution in [-0.2, 0) is 16.4 Å². The Morgan fingerprint density at radius 1 is 0.405 bits per heavy atom. The topological polar surface area (TPSA) is 421 Å². The number of nitrogen functional groups attached to an aromatic ring is 5. The van der Waals surface area contributed by atoms with Crippen LogP contribution in [0.2, 0.25) is 0 Å². The minimum Gasteiger partial charge on any atom is -0.457 e. The zero-order chi connectivity index (χ0) is 76.7. The molecule has 0 saturated carbocycles. The van der Waals surface area contributed by atoms with Gasteiger partial charge in [-0.15, -0.1) is 0 Å². The van der Waals surface area contributed by atoms with Crippen molar-refractivity contribution in [2.75, 3.05) is 28.7 Å². The summed E-state index contributed by atoms with van der Waals surface area (Å²) in [5.74, 6) is 3.69. The summed E-state index contributed by atoms with van der Waals surface area (Å²) in [6, 6.07) is 60.7. The number of carbonyl (C=O) groups excluding carboxylic acids is 1. The van der Waals surface area contributed by atoms with E-state index in [-0.39, 0.29) is 15.6 Å². The number of aryl methyl sites for hydroxylation is 2. The molecule has 32 heteroatoms. The number of aliphatic imine (C=N–C) groups is 1. The van der Waals surface area contributed by atoms with Gasteiger partial charge in [0.05, 0.1) is 103 Å². The lowest BCUT2D eigenvalue weighted by atomic mass is 10.1. The van der Waals surface area contributed by atoms with Gasteiger partial charge in [0.15, 0.2) is 34.0 Å². The van der Waals surface area contributed by atoms with Crippen molar-refractivity contribution in [2.24, 2.45) is 4.99 Å². The standard InChI is InChI=1S/C18H15N5O2S.C18H15N5O.C17H13N5S.C13H10N6.C13H11N5O/c1-12-9-13(23-18-15(10-22-23)17(19)20-11-21-18)7-8-16(12)26(24,25)14-5-3-2-4-6-14;1-12-9-13(7-8-16(12)24-14-5-3-2-4-6-14)23-18-15(10-22-23)17(19)20-11-21-18;18-16-15-10-21-22(17(15)20-11-19-16)12-6-8-14(9-7-12)23-13-4-2-1-3-5-13;14-12-11-6-18-19(13(11)17-7-16-12)10-2-1-8-4-15-5-9(8)3-10;1-8(19)9-2-4-10(5-3-9)18-13-11(6-17-18)12(14)15-7-16-13/h2-11H,1H3,(H2,19,20,21);2-11H,1H3,(H2,19,20,21);1-11H,(H2,18,19,20);1-4,6-7H,5H2,(H2,14,16,17);2-7H,1H3,(H2,14,15,16). The van der Waals surface area contributed by atoms with Crippen molar-refractivity contribution >= 4 is 118 Å². The number of nitrogens with two attached hydrogens (primary N) is 5. The smallest absolute Gasteiger partial charge is 0.206 e. The van der Waals surface area contributed by atoms with E-state index >= 15 is 0 Å². The number of fused-ring (bicyclic) bond motifs is 6. The van der Waals surface area contributed by atoms with Gasteiger partial charge >= 0.3 is 0 Å². The van der Waals surface area contributed by atoms with Gasteiger partial charge in [-0.05, 0) is 176 Å². The highest BCUT2D eigenvalue weighted by Gasteiger charge is 2.22. The predicted octanol–water partition coefficient (Wildman–Crippen LogP) is 12.5. The van der Waals surface area contributed by atoms with Crippen molar-refractivity contribution < 1.29 is 17.9 Å². The normalized spacial score (nSPS) is 11.5. The van der Waals surface area contributed by atoms with Gasteiger partial charge in [0.2, 0.25) is 9.84 Å². The summed E-state index contributed by atoms with van der Waals surface area (Å²) < 4.78 is 40.2. The Hall–Kier alpha value is -15.1. The van der Waals surface area contributed by atoms with Gasteiger partial charge in [0.25, 0.3) is 0 Å². The number of nitrogens with zero attached hydrogens (tertiary/aromatic N) is 21. The molecule has 11 heterocycles. The lowest BCUT2D eigenvalue weighted by Crippen LogP contribution is -2.06. The van der Waals surface area contributed by atoms with E-state index in [9.17, 15) is 13.2 Å². The molecule has 1 aliphatic rings. The monoisotopic (exact) mass is 1500 g/mol. The molecule has 0 atom stereocenters. The number of benzene rings is 8. The molecule has 10 aromatic heterocycles. The van der Waals surface area contributed by atoms with Crippen molar-refractivity contribution in [1.82, 2.24) is 98.7 Å². The molecular weight excluding hydrogens is 1440 g/mol. The van der Waals surface area contributed by atoms with Gasteiger partial charge < -0.3 is 33.4 Å². The van der Waals surface area contributed by atoms with Gasteiger partial charge in [-0.2, -0.15) is 25.5 Å². The molecule has 546 valence electrons. The van der Waals surface area contributed by atoms with Crippen LogP contribution in [0, 0.1) is 13.8 Å². The third-order valence-electron chi connectivity index (χ3n) is 17.5. The number of anilines is 5. The number of hydrogen-bond acceptors (Lipinski definition) is 26. The Morgan fingerprint density at radius 2 is 0.775 bits per heavy atom. The molecule has 8 aromatic carbocycles. The molecule has 0 aliphatic carbocycles. The van der Waals surface area contributed by atoms with E-state index in [4.69, 9.17) is 33.4 Å². The number of ether oxygens (including phenoxy) is 1. The Labute approximate surface area is 636 Å². The Kier molecular flexibility index (Phi) is 20.1. The number of carbonyl (C=O) groups is 1. The summed E-state index contributed by atoms with van der Waals surface area (Å²) in [6.45, 7) is 6.01. The van der Waals surface area contributed by atoms with E-state index in [1.165, 1.54) is 53.9 Å². The summed E-state index contributed by atoms with van der Waals surface area (Å²) >= 11 is 1.72. The number of Topliss-reactive ketones (excluding diaryl/α,β-unsaturated/α-hetero) is 1. The minimum atomic E-state index is -3.58. The van der Waals surface area contributed by atoms with Gasteiger partial charge in [0, 0.05) is 21.6 Å². The first kappa shape index (κ1) is 71.6. The zero-order valence-electron chi connectivity index (χ0n) is 59.3. The highest BCUT2D eigenvalue weighted by Crippen LogP contribution is 2.33. The first-order valence-electron chi connectivity index (χ1n) is 34.0. The number of hydrogen-bond donors (Lipinski definition) is 5. The first-order valence-corrected chi connectivity index (χ1v) is 36.3. The van der Waals surface area contributed by atoms with E-state index in [1.807, 2.05) is 116 Å². The molecule has 0 amide bonds. The third kappa shape index (κ3) is 15.1. The largest absolute Gasteiger partial charge is 0.457 e. The van der Waals surface area contributed by atoms with Gasteiger partial charge in [-0.3, -0.25) is 9.79 Å². The van der Waals surface area contributed by atoms with Crippen molar-refractivity contribution in [3.63, 3.8) is 0 Å². The number of rotatable bonds is 12. The average molecular weight is 1510 g/mol. The van der Waals surface area contributed by atoms with E-state index in [2.05, 4.69) is 111 Å². The average Bonchev–Trinajstić information content (AvgIpc) is 1.78. The first-order chi connectivity index (χ1) is 54.0. The molecule has 0 bridgehead atoms. The van der Waals surface area contributed by atoms with Crippen LogP contribution in [0.25, 0.3) is 83.6 Å². The molecular formula is C79H64N26O4S2. The minimum absolute atomic E-state index is 0.0310. The maximum absolute atomic E-state index is 12.8. The van der Waals surface area contributed by atoms with E-state index < -0.39 is 9.84 Å². The Morgan fingerprint density at radius 3 is 1.21 bits per heavy atom. The van der Waals surface area contributed by atoms with Crippen molar-refractivity contribution in [1.29, 1.82) is 0 Å². The summed E-state index contributed by atoms with van der Waals surface area (Å²) in [5.41, 5.74) is 41.4. The maximum Gasteiger partial charge on any atom is 0.206 e. The second kappa shape index (κ2) is 31.2. The van der Waals surface area contributed by atoms with Crippen molar-refractivity contribution in [3.05, 3.63) is 285 Å². The van der Waals surface area contributed by atoms with E-state index in [0.717, 1.165) is 68.1 Å². The zero-order valence-corrected chi connectivity index (χ0v) is 60.9. The van der Waals surface area contributed by atoms with Crippen LogP contribution in [-0.4, -0.2) is 119 Å². The molecule has 0 spiro atoms. The van der Waals surface area contributed by atoms with E-state index in [0.29, 0.717) is 84.9 Å². The molecule has 0 fully saturated rings. The van der Waals surface area contributed by atoms with Crippen LogP contribution < -0.4 is 33.4 Å². The maximum atomic E-state index is 12.8. The molecule has 1 aliphatic heterocycles. The molecule has 0 saturated heterocycles. The fourth-order valence-electron chi connectivity index (χ4n) is 11.9. The van der Waals surface area contributed by atoms with Gasteiger partial charge in [-0.25, -0.2) is 81.7 Å². The number of sulfone groups is 1. The van der Waals surface area contributed by atoms with Crippen LogP contribution in [0.3, 0.4) is 0 Å². The van der Waals surface area contributed by atoms with Crippen LogP contribution >= 0.6 is 11.8 Å². The molecule has 18 aromatic rings. The molecule has 0 unspecified atom stereocenters. The fourth-order valence-corrected chi connectivity index (χ4v) is 14.2. The van der Waals surface area contributed by atoms with Crippen LogP contribution in [0.5, 0.6) is 11.5 Å². The lowest BCUT2D eigenvalue weighted by molar-refractivity contribution is 0.101. The second-order valence-electron chi connectivity index (χ2n) is 24.8. The summed E-state index contributed by atoms with van der Waals surface area (Å²) in [6.07, 6.45) is 17.3. The van der Waals surface area contributed by atoms with E-state index in [1.54, 1.807) is 134 Å². The van der Waals surface area contributed by atoms with Crippen molar-refractivity contribution in [2.45, 2.75) is 46.9 Å². The number of ketones is 1. The van der Waals surface area contributed by atoms with Crippen LogP contribution in [0.15, 0.2) is 281 Å². The molecule has 30 nitrogen and oxygen atoms in total. The Bertz CT molecular complexity index is 6600. The number of para-hydroxylation sites is 1. The molecule has 10 N–H and O–H groups in total. The third-order valence-corrected chi connectivity index (χ3v) is 20.5. The van der Waals surface area contributed by atoms with Crippen LogP contribution in [0.4, 0.5) is 29.1 Å². The lowest BCUT2D eigenvalue weighted by Gasteiger charge is -2.10. The second-order valence-corrected chi connectivity index (χ2v) is 27.8. The van der Waals surface area contributed by atoms with Gasteiger partial charge in [-0.1, -0.05) is 72.4 Å². The predicted molar refractivity (Wildman–Crippen MR) is 425 cm³/mol. The highest BCUT2D eigenvalue weighted by atomic mass is 32.2. The summed E-state index contributed by atoms with van der Waals surface area (Å²) in [5, 5.41) is 25.2. The Balaban J connectivity index is 0.000000110. The molecule has 19 rings (SSSR count). The number of aromatic nitrogens is 20. The van der Waals surface area contributed by atoms with Crippen LogP contribution in [0.1, 0.15) is 39.5 Å². The van der Waals surface area contributed by atoms with Crippen molar-refractivity contribution in [3.8, 4) is 39.9 Å². The molecule has 0 radical (unpaired) electrons. The highest BCUT2D eigenvalue weighted by molar-refractivity contribution is 7.99. The summed E-state index contributed by atoms with van der Waals surface area (Å²) in [4.78, 5) is 59.4.